The van der Waals surface area contributed by atoms with Crippen LogP contribution in [0.3, 0.4) is 0 Å². The molecule has 0 spiro atoms. The van der Waals surface area contributed by atoms with Gasteiger partial charge < -0.3 is 4.90 Å². The smallest absolute Gasteiger partial charge is 0.0458 e. The summed E-state index contributed by atoms with van der Waals surface area (Å²) in [6.45, 7) is 14.1. The van der Waals surface area contributed by atoms with E-state index in [2.05, 4.69) is 73.9 Å². The maximum atomic E-state index is 3.85. The zero-order chi connectivity index (χ0) is 17.5. The van der Waals surface area contributed by atoms with E-state index < -0.39 is 0 Å². The van der Waals surface area contributed by atoms with Crippen LogP contribution in [0.15, 0.2) is 96.6 Å². The number of rotatable bonds is 9. The summed E-state index contributed by atoms with van der Waals surface area (Å²) in [4.78, 5) is 2.23. The standard InChI is InChI=1S/C22H31N/c1-7-13-18-20(12-6)23(21(15-9-3)16-10-4)22(17-11-5)19-14-8-2/h8-19H,3,7H2,1-2,4-6H3/b14-8-,16-10-,17-11-,18-13-,20-12+,21-15+,22-19+. The maximum absolute atomic E-state index is 3.85. The Morgan fingerprint density at radius 3 is 1.87 bits per heavy atom. The van der Waals surface area contributed by atoms with E-state index in [1.54, 1.807) is 0 Å². The van der Waals surface area contributed by atoms with Gasteiger partial charge in [-0.1, -0.05) is 56.0 Å². The molecule has 0 saturated heterocycles. The maximum Gasteiger partial charge on any atom is 0.0458 e. The van der Waals surface area contributed by atoms with E-state index in [1.807, 2.05) is 45.1 Å². The zero-order valence-electron chi connectivity index (χ0n) is 15.3. The molecule has 0 N–H and O–H groups in total. The van der Waals surface area contributed by atoms with Crippen molar-refractivity contribution < 1.29 is 0 Å². The van der Waals surface area contributed by atoms with Gasteiger partial charge in [-0.15, -0.1) is 0 Å². The summed E-state index contributed by atoms with van der Waals surface area (Å²) in [5.74, 6) is 0. The van der Waals surface area contributed by atoms with E-state index in [4.69, 9.17) is 0 Å². The first-order valence-corrected chi connectivity index (χ1v) is 8.24. The molecule has 0 saturated carbocycles. The van der Waals surface area contributed by atoms with Gasteiger partial charge in [0.25, 0.3) is 0 Å². The summed E-state index contributed by atoms with van der Waals surface area (Å²) >= 11 is 0. The van der Waals surface area contributed by atoms with E-state index in [0.29, 0.717) is 0 Å². The van der Waals surface area contributed by atoms with Gasteiger partial charge in [-0.25, -0.2) is 0 Å². The molecule has 124 valence electrons. The molecular formula is C22H31N. The van der Waals surface area contributed by atoms with Crippen LogP contribution in [0.4, 0.5) is 0 Å². The van der Waals surface area contributed by atoms with E-state index in [0.717, 1.165) is 23.5 Å². The third-order valence-electron chi connectivity index (χ3n) is 3.02. The van der Waals surface area contributed by atoms with Gasteiger partial charge in [-0.05, 0) is 64.5 Å². The summed E-state index contributed by atoms with van der Waals surface area (Å²) in [5.41, 5.74) is 3.31. The van der Waals surface area contributed by atoms with Crippen LogP contribution in [0, 0.1) is 0 Å². The molecule has 0 unspecified atom stereocenters. The van der Waals surface area contributed by atoms with Crippen LogP contribution in [-0.2, 0) is 0 Å². The van der Waals surface area contributed by atoms with Crippen LogP contribution in [0.25, 0.3) is 0 Å². The molecule has 0 aliphatic heterocycles. The lowest BCUT2D eigenvalue weighted by atomic mass is 10.1. The lowest BCUT2D eigenvalue weighted by Crippen LogP contribution is -2.19. The SMILES string of the molecule is C=C/C=C(\C=C/C)N(C(/C=C\CC)=C/C)C(/C=C\C)=C/C=C\C. The number of allylic oxidation sites excluding steroid dienone is 12. The molecule has 0 aromatic rings. The minimum absolute atomic E-state index is 1.01. The molecule has 1 heteroatoms. The fraction of sp³-hybridized carbons (Fsp3) is 0.273. The molecule has 0 bridgehead atoms. The van der Waals surface area contributed by atoms with E-state index in [9.17, 15) is 0 Å². The molecule has 0 rings (SSSR count). The molecule has 0 fully saturated rings. The van der Waals surface area contributed by atoms with Crippen LogP contribution < -0.4 is 0 Å². The summed E-state index contributed by atoms with van der Waals surface area (Å²) in [7, 11) is 0. The highest BCUT2D eigenvalue weighted by molar-refractivity contribution is 5.40. The van der Waals surface area contributed by atoms with E-state index in [1.165, 1.54) is 0 Å². The van der Waals surface area contributed by atoms with Crippen molar-refractivity contribution in [2.45, 2.75) is 41.0 Å². The third-order valence-corrected chi connectivity index (χ3v) is 3.02. The highest BCUT2D eigenvalue weighted by Gasteiger charge is 2.13. The summed E-state index contributed by atoms with van der Waals surface area (Å²) in [6.07, 6.45) is 25.8. The Hall–Kier alpha value is -2.28. The summed E-state index contributed by atoms with van der Waals surface area (Å²) in [6, 6.07) is 0. The normalized spacial score (nSPS) is 14.7. The highest BCUT2D eigenvalue weighted by atomic mass is 15.2. The second kappa shape index (κ2) is 13.4. The topological polar surface area (TPSA) is 3.24 Å². The van der Waals surface area contributed by atoms with Gasteiger partial charge in [0, 0.05) is 17.1 Å². The van der Waals surface area contributed by atoms with Crippen LogP contribution in [-0.4, -0.2) is 4.90 Å². The van der Waals surface area contributed by atoms with Crippen molar-refractivity contribution in [2.75, 3.05) is 0 Å². The summed E-state index contributed by atoms with van der Waals surface area (Å²) in [5, 5.41) is 0. The first kappa shape index (κ1) is 20.7. The Bertz CT molecular complexity index is 549. The van der Waals surface area contributed by atoms with E-state index >= 15 is 0 Å². The van der Waals surface area contributed by atoms with Crippen molar-refractivity contribution in [3.8, 4) is 0 Å². The third kappa shape index (κ3) is 7.51. The monoisotopic (exact) mass is 309 g/mol. The van der Waals surface area contributed by atoms with Gasteiger partial charge >= 0.3 is 0 Å². The van der Waals surface area contributed by atoms with Crippen molar-refractivity contribution in [2.24, 2.45) is 0 Å². The fourth-order valence-corrected chi connectivity index (χ4v) is 2.05. The quantitative estimate of drug-likeness (QED) is 0.421. The van der Waals surface area contributed by atoms with Gasteiger partial charge in [-0.3, -0.25) is 0 Å². The molecule has 0 radical (unpaired) electrons. The lowest BCUT2D eigenvalue weighted by molar-refractivity contribution is 0.576. The number of nitrogens with zero attached hydrogens (tertiary/aromatic N) is 1. The average Bonchev–Trinajstić information content (AvgIpc) is 2.56. The second-order valence-corrected chi connectivity index (χ2v) is 4.80. The van der Waals surface area contributed by atoms with Crippen molar-refractivity contribution in [3.05, 3.63) is 96.6 Å². The second-order valence-electron chi connectivity index (χ2n) is 4.80. The van der Waals surface area contributed by atoms with Crippen LogP contribution in [0.1, 0.15) is 41.0 Å². The van der Waals surface area contributed by atoms with Crippen molar-refractivity contribution >= 4 is 0 Å². The molecule has 23 heavy (non-hydrogen) atoms. The molecule has 0 aromatic carbocycles. The largest absolute Gasteiger partial charge is 0.311 e. The Labute approximate surface area is 143 Å². The first-order valence-electron chi connectivity index (χ1n) is 8.24. The molecule has 0 heterocycles. The predicted octanol–water partition coefficient (Wildman–Crippen LogP) is 6.84. The van der Waals surface area contributed by atoms with Gasteiger partial charge in [0.1, 0.15) is 0 Å². The van der Waals surface area contributed by atoms with Crippen molar-refractivity contribution in [3.63, 3.8) is 0 Å². The Morgan fingerprint density at radius 2 is 1.43 bits per heavy atom. The zero-order valence-corrected chi connectivity index (χ0v) is 15.3. The predicted molar refractivity (Wildman–Crippen MR) is 106 cm³/mol. The Morgan fingerprint density at radius 1 is 0.826 bits per heavy atom. The van der Waals surface area contributed by atoms with Crippen molar-refractivity contribution in [1.29, 1.82) is 0 Å². The van der Waals surface area contributed by atoms with Crippen molar-refractivity contribution in [1.82, 2.24) is 4.90 Å². The first-order chi connectivity index (χ1) is 11.2. The fourth-order valence-electron chi connectivity index (χ4n) is 2.05. The van der Waals surface area contributed by atoms with Crippen LogP contribution >= 0.6 is 0 Å². The molecule has 0 aromatic heterocycles. The summed E-state index contributed by atoms with van der Waals surface area (Å²) < 4.78 is 0. The number of hydrogen-bond acceptors (Lipinski definition) is 1. The minimum Gasteiger partial charge on any atom is -0.311 e. The van der Waals surface area contributed by atoms with Gasteiger partial charge in [0.2, 0.25) is 0 Å². The van der Waals surface area contributed by atoms with Gasteiger partial charge in [0.05, 0.1) is 0 Å². The molecule has 0 atom stereocenters. The Balaban J connectivity index is 6.29. The molecule has 0 aliphatic rings. The molecule has 0 aliphatic carbocycles. The van der Waals surface area contributed by atoms with Crippen LogP contribution in [0.2, 0.25) is 0 Å². The minimum atomic E-state index is 1.01. The number of hydrogen-bond donors (Lipinski definition) is 0. The molecular weight excluding hydrogens is 278 g/mol. The Kier molecular flexibility index (Phi) is 12.1. The van der Waals surface area contributed by atoms with Gasteiger partial charge in [-0.2, -0.15) is 0 Å². The van der Waals surface area contributed by atoms with Gasteiger partial charge in [0.15, 0.2) is 0 Å². The molecule has 1 nitrogen and oxygen atoms in total. The van der Waals surface area contributed by atoms with Crippen LogP contribution in [0.5, 0.6) is 0 Å². The highest BCUT2D eigenvalue weighted by Crippen LogP contribution is 2.24. The molecule has 0 amide bonds. The van der Waals surface area contributed by atoms with E-state index in [-0.39, 0.29) is 0 Å². The average molecular weight is 309 g/mol. The lowest BCUT2D eigenvalue weighted by Gasteiger charge is -2.28.